The van der Waals surface area contributed by atoms with Gasteiger partial charge in [0.1, 0.15) is 5.84 Å². The highest BCUT2D eigenvalue weighted by Gasteiger charge is 2.18. The minimum Gasteiger partial charge on any atom is -0.264 e. The van der Waals surface area contributed by atoms with Crippen LogP contribution < -0.4 is 4.72 Å². The number of hydrogen-bond acceptors (Lipinski definition) is 3. The molecule has 1 aliphatic heterocycles. The first-order valence-corrected chi connectivity index (χ1v) is 6.49. The van der Waals surface area contributed by atoms with Crippen molar-refractivity contribution in [2.24, 2.45) is 4.99 Å². The van der Waals surface area contributed by atoms with E-state index in [1.54, 1.807) is 0 Å². The normalized spacial score (nSPS) is 29.3. The molecule has 14 heavy (non-hydrogen) atoms. The molecule has 5 heteroatoms. The van der Waals surface area contributed by atoms with Gasteiger partial charge in [-0.25, -0.2) is 8.42 Å². The third kappa shape index (κ3) is 2.35. The minimum absolute atomic E-state index is 0.309. The fraction of sp³-hybridized carbons (Fsp3) is 0.667. The number of nitrogens with one attached hydrogen (secondary N) is 1. The first kappa shape index (κ1) is 9.71. The van der Waals surface area contributed by atoms with Crippen molar-refractivity contribution >= 4 is 15.9 Å². The van der Waals surface area contributed by atoms with Gasteiger partial charge in [-0.05, 0) is 18.9 Å². The van der Waals surface area contributed by atoms with Crippen LogP contribution in [0.3, 0.4) is 0 Å². The molecule has 0 atom stereocenters. The number of amidine groups is 1. The number of nitrogens with zero attached hydrogens (tertiary/aromatic N) is 1. The van der Waals surface area contributed by atoms with Gasteiger partial charge in [-0.15, -0.1) is 0 Å². The average molecular weight is 214 g/mol. The number of sulfonamides is 1. The summed E-state index contributed by atoms with van der Waals surface area (Å²) in [5.41, 5.74) is 0. The van der Waals surface area contributed by atoms with Crippen molar-refractivity contribution in [1.82, 2.24) is 4.72 Å². The lowest BCUT2D eigenvalue weighted by molar-refractivity contribution is 0.443. The van der Waals surface area contributed by atoms with Crippen LogP contribution >= 0.6 is 0 Å². The zero-order valence-electron chi connectivity index (χ0n) is 7.94. The molecule has 2 rings (SSSR count). The van der Waals surface area contributed by atoms with E-state index >= 15 is 0 Å². The van der Waals surface area contributed by atoms with Crippen LogP contribution in [0.25, 0.3) is 0 Å². The minimum atomic E-state index is -3.21. The van der Waals surface area contributed by atoms with Gasteiger partial charge in [0, 0.05) is 0 Å². The molecule has 0 amide bonds. The summed E-state index contributed by atoms with van der Waals surface area (Å²) in [6.07, 6.45) is 7.39. The largest absolute Gasteiger partial charge is 0.264 e. The predicted octanol–water partition coefficient (Wildman–Crippen LogP) is 1.16. The summed E-state index contributed by atoms with van der Waals surface area (Å²) in [6.45, 7) is 0. The molecule has 0 aromatic heterocycles. The van der Waals surface area contributed by atoms with E-state index in [9.17, 15) is 8.42 Å². The Hall–Kier alpha value is -0.840. The first-order valence-electron chi connectivity index (χ1n) is 4.94. The van der Waals surface area contributed by atoms with E-state index in [0.717, 1.165) is 18.2 Å². The van der Waals surface area contributed by atoms with E-state index in [-0.39, 0.29) is 0 Å². The van der Waals surface area contributed by atoms with Crippen LogP contribution in [0.4, 0.5) is 0 Å². The molecule has 1 fully saturated rings. The maximum atomic E-state index is 11.0. The number of hydrogen-bond donors (Lipinski definition) is 1. The quantitative estimate of drug-likeness (QED) is 0.712. The number of aliphatic imine (C=N–C) groups is 1. The Morgan fingerprint density at radius 1 is 1.29 bits per heavy atom. The molecule has 1 N–H and O–H groups in total. The van der Waals surface area contributed by atoms with E-state index < -0.39 is 10.0 Å². The Morgan fingerprint density at radius 3 is 2.57 bits per heavy atom. The van der Waals surface area contributed by atoms with E-state index in [0.29, 0.717) is 11.9 Å². The van der Waals surface area contributed by atoms with Crippen LogP contribution in [0.15, 0.2) is 16.5 Å². The fourth-order valence-corrected chi connectivity index (χ4v) is 2.63. The topological polar surface area (TPSA) is 58.5 Å². The molecular weight excluding hydrogens is 200 g/mol. The van der Waals surface area contributed by atoms with Gasteiger partial charge < -0.3 is 0 Å². The van der Waals surface area contributed by atoms with Crippen LogP contribution in [-0.4, -0.2) is 20.3 Å². The third-order valence-corrected chi connectivity index (χ3v) is 3.54. The lowest BCUT2D eigenvalue weighted by atomic mass is 9.96. The predicted molar refractivity (Wildman–Crippen MR) is 55.5 cm³/mol. The van der Waals surface area contributed by atoms with Crippen LogP contribution in [0.2, 0.25) is 0 Å². The lowest BCUT2D eigenvalue weighted by Gasteiger charge is -2.17. The summed E-state index contributed by atoms with van der Waals surface area (Å²) in [5, 5.41) is 1.16. The molecular formula is C9H14N2O2S. The van der Waals surface area contributed by atoms with Gasteiger partial charge in [-0.1, -0.05) is 19.3 Å². The molecule has 2 aliphatic rings. The Kier molecular flexibility index (Phi) is 2.58. The Morgan fingerprint density at radius 2 is 2.00 bits per heavy atom. The lowest BCUT2D eigenvalue weighted by Crippen LogP contribution is -2.24. The van der Waals surface area contributed by atoms with Gasteiger partial charge in [0.2, 0.25) is 0 Å². The molecule has 0 spiro atoms. The van der Waals surface area contributed by atoms with Crippen LogP contribution in [-0.2, 0) is 10.0 Å². The van der Waals surface area contributed by atoms with Crippen molar-refractivity contribution in [3.8, 4) is 0 Å². The molecule has 4 nitrogen and oxygen atoms in total. The average Bonchev–Trinajstić information content (AvgIpc) is 2.47. The Balaban J connectivity index is 2.02. The Bertz CT molecular complexity index is 364. The second kappa shape index (κ2) is 3.73. The molecule has 0 aromatic carbocycles. The first-order chi connectivity index (χ1) is 6.66. The molecule has 1 heterocycles. The van der Waals surface area contributed by atoms with Crippen LogP contribution in [0.1, 0.15) is 32.1 Å². The highest BCUT2D eigenvalue weighted by atomic mass is 32.2. The maximum Gasteiger partial charge on any atom is 0.256 e. The van der Waals surface area contributed by atoms with Crippen molar-refractivity contribution in [2.75, 3.05) is 0 Å². The summed E-state index contributed by atoms with van der Waals surface area (Å²) in [6, 6.07) is 0.309. The second-order valence-electron chi connectivity index (χ2n) is 3.76. The molecule has 0 aromatic rings. The SMILES string of the molecule is O=S1(=O)C=CC(=NC2CCCCC2)N1. The monoisotopic (exact) mass is 214 g/mol. The second-order valence-corrected chi connectivity index (χ2v) is 5.32. The standard InChI is InChI=1S/C9H14N2O2S/c12-14(13)7-6-9(11-14)10-8-4-2-1-3-5-8/h6-8H,1-5H2,(H,10,11). The van der Waals surface area contributed by atoms with Gasteiger partial charge in [0.25, 0.3) is 10.0 Å². The summed E-state index contributed by atoms with van der Waals surface area (Å²) >= 11 is 0. The highest BCUT2D eigenvalue weighted by molar-refractivity contribution is 7.93. The molecule has 0 saturated heterocycles. The van der Waals surface area contributed by atoms with Crippen LogP contribution in [0, 0.1) is 0 Å². The van der Waals surface area contributed by atoms with Gasteiger partial charge in [-0.3, -0.25) is 9.71 Å². The summed E-state index contributed by atoms with van der Waals surface area (Å²) < 4.78 is 24.4. The van der Waals surface area contributed by atoms with Crippen molar-refractivity contribution in [3.63, 3.8) is 0 Å². The zero-order chi connectivity index (χ0) is 10.0. The van der Waals surface area contributed by atoms with E-state index in [2.05, 4.69) is 9.71 Å². The zero-order valence-corrected chi connectivity index (χ0v) is 8.76. The van der Waals surface area contributed by atoms with Crippen molar-refractivity contribution < 1.29 is 8.42 Å². The van der Waals surface area contributed by atoms with Crippen molar-refractivity contribution in [2.45, 2.75) is 38.1 Å². The maximum absolute atomic E-state index is 11.0. The molecule has 0 radical (unpaired) electrons. The summed E-state index contributed by atoms with van der Waals surface area (Å²) in [4.78, 5) is 4.37. The van der Waals surface area contributed by atoms with Gasteiger partial charge in [0.05, 0.1) is 11.4 Å². The smallest absolute Gasteiger partial charge is 0.256 e. The van der Waals surface area contributed by atoms with Gasteiger partial charge >= 0.3 is 0 Å². The molecule has 0 unspecified atom stereocenters. The van der Waals surface area contributed by atoms with Crippen LogP contribution in [0.5, 0.6) is 0 Å². The van der Waals surface area contributed by atoms with Crippen molar-refractivity contribution in [1.29, 1.82) is 0 Å². The molecule has 1 aliphatic carbocycles. The Labute approximate surface area is 84.2 Å². The van der Waals surface area contributed by atoms with E-state index in [1.165, 1.54) is 25.3 Å². The number of rotatable bonds is 1. The molecule has 0 bridgehead atoms. The van der Waals surface area contributed by atoms with E-state index in [1.807, 2.05) is 0 Å². The summed E-state index contributed by atoms with van der Waals surface area (Å²) in [5.74, 6) is 0.497. The molecule has 1 saturated carbocycles. The van der Waals surface area contributed by atoms with Crippen molar-refractivity contribution in [3.05, 3.63) is 11.5 Å². The third-order valence-electron chi connectivity index (χ3n) is 2.55. The fourth-order valence-electron chi connectivity index (χ4n) is 1.84. The van der Waals surface area contributed by atoms with Gasteiger partial charge in [-0.2, -0.15) is 0 Å². The molecule has 78 valence electrons. The van der Waals surface area contributed by atoms with Gasteiger partial charge in [0.15, 0.2) is 0 Å². The highest BCUT2D eigenvalue weighted by Crippen LogP contribution is 2.20. The summed E-state index contributed by atoms with van der Waals surface area (Å²) in [7, 11) is -3.21. The van der Waals surface area contributed by atoms with E-state index in [4.69, 9.17) is 0 Å².